The van der Waals surface area contributed by atoms with Crippen molar-refractivity contribution in [3.8, 4) is 0 Å². The smallest absolute Gasteiger partial charge is 0.0936 e. The minimum Gasteiger partial charge on any atom is -0.387 e. The Bertz CT molecular complexity index is 151. The Morgan fingerprint density at radius 1 is 1.70 bits per heavy atom. The molecule has 0 aromatic carbocycles. The van der Waals surface area contributed by atoms with Gasteiger partial charge in [0.15, 0.2) is 0 Å². The van der Waals surface area contributed by atoms with E-state index in [4.69, 9.17) is 5.73 Å². The highest BCUT2D eigenvalue weighted by molar-refractivity contribution is 5.02. The quantitative estimate of drug-likeness (QED) is 0.494. The Balaban J connectivity index is 2.14. The summed E-state index contributed by atoms with van der Waals surface area (Å²) in [5.74, 6) is 0.456. The average molecular weight is 142 g/mol. The molecule has 3 N–H and O–H groups in total. The number of fused-ring (bicyclic) bond motifs is 2. The Morgan fingerprint density at radius 3 is 2.80 bits per heavy atom. The second-order valence-corrected chi connectivity index (χ2v) is 3.53. The van der Waals surface area contributed by atoms with Crippen molar-refractivity contribution in [1.29, 1.82) is 0 Å². The van der Waals surface area contributed by atoms with Gasteiger partial charge < -0.3 is 15.7 Å². The summed E-state index contributed by atoms with van der Waals surface area (Å²) < 4.78 is 0. The van der Waals surface area contributed by atoms with E-state index in [1.807, 2.05) is 0 Å². The van der Waals surface area contributed by atoms with Gasteiger partial charge in [-0.15, -0.1) is 0 Å². The first-order valence-electron chi connectivity index (χ1n) is 3.89. The van der Waals surface area contributed by atoms with Crippen LogP contribution in [0.1, 0.15) is 6.42 Å². The summed E-state index contributed by atoms with van der Waals surface area (Å²) in [5.41, 5.74) is 4.93. The van der Waals surface area contributed by atoms with Crippen LogP contribution in [0.3, 0.4) is 0 Å². The first-order chi connectivity index (χ1) is 4.74. The molecule has 2 heterocycles. The van der Waals surface area contributed by atoms with Gasteiger partial charge in [0, 0.05) is 25.6 Å². The lowest BCUT2D eigenvalue weighted by Crippen LogP contribution is -2.48. The van der Waals surface area contributed by atoms with E-state index in [1.165, 1.54) is 0 Å². The average Bonchev–Trinajstić information content (AvgIpc) is 2.46. The number of piperidine rings is 1. The van der Waals surface area contributed by atoms with Gasteiger partial charge in [-0.3, -0.25) is 0 Å². The minimum absolute atomic E-state index is 0.425. The van der Waals surface area contributed by atoms with E-state index in [-0.39, 0.29) is 0 Å². The Labute approximate surface area is 60.8 Å². The van der Waals surface area contributed by atoms with E-state index in [1.54, 1.807) is 0 Å². The predicted molar refractivity (Wildman–Crippen MR) is 38.6 cm³/mol. The normalized spacial score (nSPS) is 52.2. The summed E-state index contributed by atoms with van der Waals surface area (Å²) in [6.45, 7) is 3.45. The molecule has 10 heavy (non-hydrogen) atoms. The van der Waals surface area contributed by atoms with Crippen LogP contribution in [0.4, 0.5) is 0 Å². The fraction of sp³-hybridized carbons (Fsp3) is 1.00. The number of nitrogens with two attached hydrogens (primary N) is 1. The third kappa shape index (κ3) is 0.713. The van der Waals surface area contributed by atoms with E-state index < -0.39 is 5.60 Å². The van der Waals surface area contributed by atoms with Gasteiger partial charge in [0.1, 0.15) is 0 Å². The van der Waals surface area contributed by atoms with Gasteiger partial charge in [-0.2, -0.15) is 0 Å². The van der Waals surface area contributed by atoms with Crippen LogP contribution in [0, 0.1) is 5.92 Å². The van der Waals surface area contributed by atoms with E-state index in [0.29, 0.717) is 12.5 Å². The molecule has 2 fully saturated rings. The molecule has 1 unspecified atom stereocenters. The standard InChI is InChI=1S/C7H14N2O/c8-4-7(10)5-9-2-1-6(7)3-9/h6,10H,1-5,8H2/t6-,7-/m1/s1. The van der Waals surface area contributed by atoms with E-state index >= 15 is 0 Å². The van der Waals surface area contributed by atoms with Crippen LogP contribution in [0.5, 0.6) is 0 Å². The van der Waals surface area contributed by atoms with Crippen molar-refractivity contribution >= 4 is 0 Å². The van der Waals surface area contributed by atoms with Crippen LogP contribution in [0.25, 0.3) is 0 Å². The van der Waals surface area contributed by atoms with Crippen LogP contribution < -0.4 is 5.73 Å². The molecule has 3 nitrogen and oxygen atoms in total. The molecule has 0 amide bonds. The molecule has 0 saturated carbocycles. The van der Waals surface area contributed by atoms with Crippen molar-refractivity contribution < 1.29 is 5.11 Å². The molecule has 2 rings (SSSR count). The highest BCUT2D eigenvalue weighted by Crippen LogP contribution is 2.35. The van der Waals surface area contributed by atoms with Gasteiger partial charge >= 0.3 is 0 Å². The lowest BCUT2D eigenvalue weighted by Gasteiger charge is -2.30. The van der Waals surface area contributed by atoms with Crippen molar-refractivity contribution in [2.75, 3.05) is 26.2 Å². The summed E-state index contributed by atoms with van der Waals surface area (Å²) in [6.07, 6.45) is 1.13. The van der Waals surface area contributed by atoms with Crippen molar-refractivity contribution in [3.05, 3.63) is 0 Å². The Morgan fingerprint density at radius 2 is 2.50 bits per heavy atom. The van der Waals surface area contributed by atoms with Gasteiger partial charge in [-0.05, 0) is 13.0 Å². The minimum atomic E-state index is -0.543. The molecule has 3 atom stereocenters. The lowest BCUT2D eigenvalue weighted by atomic mass is 9.88. The number of aliphatic hydroxyl groups is 1. The Hall–Kier alpha value is -0.120. The second kappa shape index (κ2) is 1.94. The number of hydrogen-bond donors (Lipinski definition) is 2. The maximum absolute atomic E-state index is 9.82. The zero-order chi connectivity index (χ0) is 7.19. The van der Waals surface area contributed by atoms with Gasteiger partial charge in [0.05, 0.1) is 5.60 Å². The molecule has 2 bridgehead atoms. The largest absolute Gasteiger partial charge is 0.387 e. The summed E-state index contributed by atoms with van der Waals surface area (Å²) in [4.78, 5) is 2.29. The molecule has 2 aliphatic heterocycles. The van der Waals surface area contributed by atoms with Crippen LogP contribution in [-0.4, -0.2) is 41.8 Å². The van der Waals surface area contributed by atoms with Crippen LogP contribution in [0.15, 0.2) is 0 Å². The zero-order valence-corrected chi connectivity index (χ0v) is 6.08. The van der Waals surface area contributed by atoms with Crippen molar-refractivity contribution in [2.24, 2.45) is 11.7 Å². The molecule has 2 aliphatic rings. The fourth-order valence-corrected chi connectivity index (χ4v) is 2.16. The topological polar surface area (TPSA) is 49.5 Å². The molecule has 2 saturated heterocycles. The van der Waals surface area contributed by atoms with Crippen molar-refractivity contribution in [2.45, 2.75) is 12.0 Å². The SMILES string of the molecule is NC[C@@]1(O)CN2CC[C@@H]1C2. The number of rotatable bonds is 1. The summed E-state index contributed by atoms with van der Waals surface area (Å²) >= 11 is 0. The zero-order valence-electron chi connectivity index (χ0n) is 6.08. The molecule has 3 heteroatoms. The van der Waals surface area contributed by atoms with Crippen molar-refractivity contribution in [1.82, 2.24) is 4.90 Å². The first kappa shape index (κ1) is 6.58. The summed E-state index contributed by atoms with van der Waals surface area (Å²) in [7, 11) is 0. The summed E-state index contributed by atoms with van der Waals surface area (Å²) in [5, 5.41) is 9.82. The second-order valence-electron chi connectivity index (χ2n) is 3.53. The van der Waals surface area contributed by atoms with E-state index in [9.17, 15) is 5.11 Å². The van der Waals surface area contributed by atoms with Crippen LogP contribution in [0.2, 0.25) is 0 Å². The maximum Gasteiger partial charge on any atom is 0.0936 e. The lowest BCUT2D eigenvalue weighted by molar-refractivity contribution is 0.00354. The van der Waals surface area contributed by atoms with Crippen molar-refractivity contribution in [3.63, 3.8) is 0 Å². The first-order valence-corrected chi connectivity index (χ1v) is 3.89. The molecule has 0 aromatic heterocycles. The third-order valence-corrected chi connectivity index (χ3v) is 2.88. The molecular weight excluding hydrogens is 128 g/mol. The maximum atomic E-state index is 9.82. The highest BCUT2D eigenvalue weighted by atomic mass is 16.3. The van der Waals surface area contributed by atoms with Gasteiger partial charge in [-0.1, -0.05) is 0 Å². The summed E-state index contributed by atoms with van der Waals surface area (Å²) in [6, 6.07) is 0. The molecule has 0 aromatic rings. The van der Waals surface area contributed by atoms with E-state index in [2.05, 4.69) is 4.90 Å². The van der Waals surface area contributed by atoms with Gasteiger partial charge in [0.25, 0.3) is 0 Å². The van der Waals surface area contributed by atoms with E-state index in [0.717, 1.165) is 26.1 Å². The van der Waals surface area contributed by atoms with Gasteiger partial charge in [-0.25, -0.2) is 0 Å². The molecule has 0 radical (unpaired) electrons. The van der Waals surface area contributed by atoms with Gasteiger partial charge in [0.2, 0.25) is 0 Å². The molecule has 0 aliphatic carbocycles. The molecule has 0 spiro atoms. The number of nitrogens with zero attached hydrogens (tertiary/aromatic N) is 1. The third-order valence-electron chi connectivity index (χ3n) is 2.88. The molecular formula is C7H14N2O. The number of hydrogen-bond acceptors (Lipinski definition) is 3. The fourth-order valence-electron chi connectivity index (χ4n) is 2.16. The predicted octanol–water partition coefficient (Wildman–Crippen LogP) is -0.988. The van der Waals surface area contributed by atoms with Crippen LogP contribution >= 0.6 is 0 Å². The van der Waals surface area contributed by atoms with Crippen LogP contribution in [-0.2, 0) is 0 Å². The highest BCUT2D eigenvalue weighted by Gasteiger charge is 2.47. The monoisotopic (exact) mass is 142 g/mol. The molecule has 58 valence electrons. The Kier molecular flexibility index (Phi) is 1.27.